The van der Waals surface area contributed by atoms with Crippen molar-refractivity contribution in [3.63, 3.8) is 0 Å². The number of nitrogens with zero attached hydrogens (tertiary/aromatic N) is 1. The van der Waals surface area contributed by atoms with Crippen LogP contribution in [-0.2, 0) is 23.8 Å². The summed E-state index contributed by atoms with van der Waals surface area (Å²) in [5.41, 5.74) is 2.24. The van der Waals surface area contributed by atoms with E-state index in [0.717, 1.165) is 17.4 Å². The van der Waals surface area contributed by atoms with Gasteiger partial charge in [-0.05, 0) is 5.56 Å². The van der Waals surface area contributed by atoms with Gasteiger partial charge in [-0.15, -0.1) is 0 Å². The largest absolute Gasteiger partial charge is 0.493 e. The number of esters is 1. The predicted molar refractivity (Wildman–Crippen MR) is 114 cm³/mol. The number of ether oxygens (including phenoxy) is 3. The first kappa shape index (κ1) is 20.8. The fourth-order valence-corrected chi connectivity index (χ4v) is 3.14. The molecule has 0 fully saturated rings. The molecule has 0 radical (unpaired) electrons. The lowest BCUT2D eigenvalue weighted by molar-refractivity contribution is -0.148. The standard InChI is InChI=1S/C24H18N2O6/c25-13-18-21(16-7-3-1-4-8-16)22(17-9-5-2-6-10-17)32-23(18)26-20(27)15-31-24(28)19-14-29-11-12-30-19/h1-10,14H,11-12,15H2,(H,26,27). The maximum Gasteiger partial charge on any atom is 0.377 e. The van der Waals surface area contributed by atoms with E-state index in [1.54, 1.807) is 0 Å². The molecule has 1 aromatic heterocycles. The molecule has 0 bridgehead atoms. The molecule has 1 amide bonds. The molecule has 1 aliphatic rings. The van der Waals surface area contributed by atoms with E-state index in [-0.39, 0.29) is 23.8 Å². The van der Waals surface area contributed by atoms with Crippen molar-refractivity contribution < 1.29 is 28.2 Å². The van der Waals surface area contributed by atoms with Crippen LogP contribution in [0.5, 0.6) is 0 Å². The number of amides is 1. The van der Waals surface area contributed by atoms with Crippen LogP contribution in [0.15, 0.2) is 77.1 Å². The first-order chi connectivity index (χ1) is 15.7. The van der Waals surface area contributed by atoms with Gasteiger partial charge in [0.1, 0.15) is 36.9 Å². The highest BCUT2D eigenvalue weighted by molar-refractivity contribution is 5.97. The molecule has 1 N–H and O–H groups in total. The maximum absolute atomic E-state index is 12.4. The van der Waals surface area contributed by atoms with Crippen molar-refractivity contribution >= 4 is 17.8 Å². The van der Waals surface area contributed by atoms with Gasteiger partial charge in [-0.1, -0.05) is 60.7 Å². The van der Waals surface area contributed by atoms with Crippen molar-refractivity contribution in [3.8, 4) is 28.5 Å². The Hall–Kier alpha value is -4.51. The van der Waals surface area contributed by atoms with Crippen LogP contribution in [0.1, 0.15) is 5.56 Å². The highest BCUT2D eigenvalue weighted by Crippen LogP contribution is 2.41. The minimum atomic E-state index is -0.824. The number of anilines is 1. The average molecular weight is 430 g/mol. The fraction of sp³-hybridized carbons (Fsp3) is 0.125. The van der Waals surface area contributed by atoms with Crippen molar-refractivity contribution in [3.05, 3.63) is 78.2 Å². The second kappa shape index (κ2) is 9.53. The summed E-state index contributed by atoms with van der Waals surface area (Å²) in [6.07, 6.45) is 1.14. The van der Waals surface area contributed by atoms with Crippen LogP contribution in [-0.4, -0.2) is 31.7 Å². The third kappa shape index (κ3) is 4.47. The summed E-state index contributed by atoms with van der Waals surface area (Å²) in [7, 11) is 0. The van der Waals surface area contributed by atoms with E-state index in [2.05, 4.69) is 11.4 Å². The van der Waals surface area contributed by atoms with Gasteiger partial charge in [-0.2, -0.15) is 5.26 Å². The van der Waals surface area contributed by atoms with Gasteiger partial charge in [-0.3, -0.25) is 10.1 Å². The molecular formula is C24H18N2O6. The number of nitrogens with one attached hydrogen (secondary N) is 1. The summed E-state index contributed by atoms with van der Waals surface area (Å²) < 4.78 is 21.0. The third-order valence-corrected chi connectivity index (χ3v) is 4.56. The summed E-state index contributed by atoms with van der Waals surface area (Å²) in [5.74, 6) is -1.19. The molecule has 4 rings (SSSR count). The van der Waals surface area contributed by atoms with Crippen molar-refractivity contribution in [1.29, 1.82) is 5.26 Å². The zero-order valence-corrected chi connectivity index (χ0v) is 16.9. The van der Waals surface area contributed by atoms with Crippen LogP contribution in [0.2, 0.25) is 0 Å². The number of furan rings is 1. The van der Waals surface area contributed by atoms with E-state index < -0.39 is 18.5 Å². The first-order valence-corrected chi connectivity index (χ1v) is 9.76. The Kier molecular flexibility index (Phi) is 6.18. The minimum absolute atomic E-state index is 0.0253. The predicted octanol–water partition coefficient (Wildman–Crippen LogP) is 3.86. The molecule has 2 heterocycles. The number of hydrogen-bond donors (Lipinski definition) is 1. The monoisotopic (exact) mass is 430 g/mol. The van der Waals surface area contributed by atoms with Crippen molar-refractivity contribution in [2.45, 2.75) is 0 Å². The molecule has 3 aromatic rings. The van der Waals surface area contributed by atoms with Crippen LogP contribution in [0.4, 0.5) is 5.88 Å². The molecule has 0 spiro atoms. The quantitative estimate of drug-likeness (QED) is 0.591. The van der Waals surface area contributed by atoms with Gasteiger partial charge in [0.05, 0.1) is 0 Å². The van der Waals surface area contributed by atoms with Crippen LogP contribution in [0.3, 0.4) is 0 Å². The second-order valence-corrected chi connectivity index (χ2v) is 6.68. The molecule has 0 saturated heterocycles. The normalized spacial score (nSPS) is 12.5. The van der Waals surface area contributed by atoms with Crippen LogP contribution >= 0.6 is 0 Å². The lowest BCUT2D eigenvalue weighted by atomic mass is 9.98. The first-order valence-electron chi connectivity index (χ1n) is 9.76. The number of carbonyl (C=O) groups is 2. The Bertz CT molecular complexity index is 1190. The zero-order chi connectivity index (χ0) is 22.3. The molecule has 2 aromatic carbocycles. The lowest BCUT2D eigenvalue weighted by Crippen LogP contribution is -2.23. The molecule has 0 saturated carbocycles. The van der Waals surface area contributed by atoms with Gasteiger partial charge >= 0.3 is 5.97 Å². The number of nitriles is 1. The topological polar surface area (TPSA) is 111 Å². The highest BCUT2D eigenvalue weighted by atomic mass is 16.6. The van der Waals surface area contributed by atoms with Gasteiger partial charge < -0.3 is 18.6 Å². The second-order valence-electron chi connectivity index (χ2n) is 6.68. The number of rotatable bonds is 6. The Morgan fingerprint density at radius 2 is 1.69 bits per heavy atom. The third-order valence-electron chi connectivity index (χ3n) is 4.56. The Balaban J connectivity index is 1.59. The van der Waals surface area contributed by atoms with Gasteiger partial charge in [0.15, 0.2) is 6.61 Å². The summed E-state index contributed by atoms with van der Waals surface area (Å²) in [6.45, 7) is -0.0395. The van der Waals surface area contributed by atoms with Gasteiger partial charge in [-0.25, -0.2) is 4.79 Å². The van der Waals surface area contributed by atoms with E-state index in [0.29, 0.717) is 17.9 Å². The van der Waals surface area contributed by atoms with E-state index in [1.807, 2.05) is 60.7 Å². The summed E-state index contributed by atoms with van der Waals surface area (Å²) in [5, 5.41) is 12.4. The molecule has 8 nitrogen and oxygen atoms in total. The SMILES string of the molecule is N#Cc1c(NC(=O)COC(=O)C2=COCCO2)oc(-c2ccccc2)c1-c1ccccc1. The summed E-state index contributed by atoms with van der Waals surface area (Å²) >= 11 is 0. The summed E-state index contributed by atoms with van der Waals surface area (Å²) in [6, 6.07) is 20.6. The number of carbonyl (C=O) groups excluding carboxylic acids is 2. The van der Waals surface area contributed by atoms with Crippen molar-refractivity contribution in [2.75, 3.05) is 25.1 Å². The van der Waals surface area contributed by atoms with Gasteiger partial charge in [0.25, 0.3) is 5.91 Å². The zero-order valence-electron chi connectivity index (χ0n) is 16.9. The van der Waals surface area contributed by atoms with E-state index in [9.17, 15) is 14.9 Å². The summed E-state index contributed by atoms with van der Waals surface area (Å²) in [4.78, 5) is 24.4. The smallest absolute Gasteiger partial charge is 0.377 e. The molecular weight excluding hydrogens is 412 g/mol. The molecule has 32 heavy (non-hydrogen) atoms. The minimum Gasteiger partial charge on any atom is -0.493 e. The van der Waals surface area contributed by atoms with Crippen molar-refractivity contribution in [1.82, 2.24) is 0 Å². The molecule has 8 heteroatoms. The fourth-order valence-electron chi connectivity index (χ4n) is 3.14. The van der Waals surface area contributed by atoms with E-state index in [1.165, 1.54) is 0 Å². The molecule has 0 aliphatic carbocycles. The lowest BCUT2D eigenvalue weighted by Gasteiger charge is -2.14. The Morgan fingerprint density at radius 1 is 1.00 bits per heavy atom. The van der Waals surface area contributed by atoms with E-state index in [4.69, 9.17) is 18.6 Å². The van der Waals surface area contributed by atoms with Crippen LogP contribution in [0.25, 0.3) is 22.5 Å². The van der Waals surface area contributed by atoms with Crippen LogP contribution in [0, 0.1) is 11.3 Å². The number of hydrogen-bond acceptors (Lipinski definition) is 7. The molecule has 1 aliphatic heterocycles. The Labute approximate surface area is 183 Å². The maximum atomic E-state index is 12.4. The highest BCUT2D eigenvalue weighted by Gasteiger charge is 2.25. The van der Waals surface area contributed by atoms with Gasteiger partial charge in [0, 0.05) is 11.1 Å². The Morgan fingerprint density at radius 3 is 2.31 bits per heavy atom. The molecule has 160 valence electrons. The van der Waals surface area contributed by atoms with Crippen molar-refractivity contribution in [2.24, 2.45) is 0 Å². The van der Waals surface area contributed by atoms with Gasteiger partial charge in [0.2, 0.25) is 11.6 Å². The van der Waals surface area contributed by atoms with E-state index >= 15 is 0 Å². The van der Waals surface area contributed by atoms with Crippen LogP contribution < -0.4 is 5.32 Å². The number of benzene rings is 2. The molecule has 0 atom stereocenters. The average Bonchev–Trinajstić information content (AvgIpc) is 3.22. The molecule has 0 unspecified atom stereocenters.